The van der Waals surface area contributed by atoms with Crippen LogP contribution in [0.15, 0.2) is 82.8 Å². The Hall–Kier alpha value is -3.72. The molecule has 9 heteroatoms. The minimum absolute atomic E-state index is 0.0598. The molecule has 0 saturated carbocycles. The van der Waals surface area contributed by atoms with E-state index < -0.39 is 22.5 Å². The number of ether oxygens (including phenoxy) is 1. The van der Waals surface area contributed by atoms with Gasteiger partial charge in [0.05, 0.1) is 23.4 Å². The van der Waals surface area contributed by atoms with Gasteiger partial charge in [-0.15, -0.1) is 0 Å². The lowest BCUT2D eigenvalue weighted by molar-refractivity contribution is -0.119. The first-order valence-corrected chi connectivity index (χ1v) is 11.6. The van der Waals surface area contributed by atoms with Gasteiger partial charge in [0, 0.05) is 0 Å². The molecular formula is C24H24FN3O4S. The average Bonchev–Trinajstić information content (AvgIpc) is 2.80. The summed E-state index contributed by atoms with van der Waals surface area (Å²) in [6, 6.07) is 18.3. The minimum Gasteiger partial charge on any atom is -0.494 e. The largest absolute Gasteiger partial charge is 0.494 e. The fourth-order valence-corrected chi connectivity index (χ4v) is 4.34. The Kier molecular flexibility index (Phi) is 7.78. The van der Waals surface area contributed by atoms with Crippen LogP contribution in [0.4, 0.5) is 10.1 Å². The van der Waals surface area contributed by atoms with Crippen molar-refractivity contribution in [1.29, 1.82) is 0 Å². The zero-order valence-corrected chi connectivity index (χ0v) is 19.0. The number of hydrogen-bond donors (Lipinski definition) is 1. The van der Waals surface area contributed by atoms with Crippen molar-refractivity contribution >= 4 is 27.8 Å². The Bertz CT molecular complexity index is 1210. The van der Waals surface area contributed by atoms with Crippen molar-refractivity contribution in [2.45, 2.75) is 18.7 Å². The first kappa shape index (κ1) is 23.9. The molecule has 3 aromatic carbocycles. The number of amides is 1. The molecule has 3 aromatic rings. The third-order valence-corrected chi connectivity index (χ3v) is 6.39. The zero-order valence-electron chi connectivity index (χ0n) is 18.2. The lowest BCUT2D eigenvalue weighted by Gasteiger charge is -2.24. The first-order chi connectivity index (χ1) is 15.8. The molecular weight excluding hydrogens is 445 g/mol. The number of rotatable bonds is 9. The molecule has 0 atom stereocenters. The summed E-state index contributed by atoms with van der Waals surface area (Å²) in [6.45, 7) is 3.68. The highest BCUT2D eigenvalue weighted by atomic mass is 32.2. The second kappa shape index (κ2) is 10.7. The van der Waals surface area contributed by atoms with Gasteiger partial charge in [-0.3, -0.25) is 9.10 Å². The maximum absolute atomic E-state index is 13.4. The molecule has 0 aliphatic rings. The number of hydrogen-bond acceptors (Lipinski definition) is 5. The van der Waals surface area contributed by atoms with Crippen LogP contribution in [0.3, 0.4) is 0 Å². The molecule has 1 amide bonds. The number of carbonyl (C=O) groups is 1. The van der Waals surface area contributed by atoms with Crippen molar-refractivity contribution in [2.75, 3.05) is 17.5 Å². The number of carbonyl (C=O) groups excluding carboxylic acids is 1. The number of halogens is 1. The summed E-state index contributed by atoms with van der Waals surface area (Å²) in [6.07, 6.45) is 1.34. The maximum atomic E-state index is 13.4. The first-order valence-electron chi connectivity index (χ1n) is 10.2. The van der Waals surface area contributed by atoms with Crippen molar-refractivity contribution in [3.05, 3.63) is 89.7 Å². The van der Waals surface area contributed by atoms with Gasteiger partial charge in [-0.1, -0.05) is 29.8 Å². The van der Waals surface area contributed by atoms with Crippen LogP contribution in [0.25, 0.3) is 0 Å². The Morgan fingerprint density at radius 3 is 2.27 bits per heavy atom. The molecule has 33 heavy (non-hydrogen) atoms. The van der Waals surface area contributed by atoms with Crippen molar-refractivity contribution in [3.63, 3.8) is 0 Å². The van der Waals surface area contributed by atoms with Gasteiger partial charge in [0.15, 0.2) is 0 Å². The fraction of sp³-hybridized carbons (Fsp3) is 0.167. The summed E-state index contributed by atoms with van der Waals surface area (Å²) >= 11 is 0. The van der Waals surface area contributed by atoms with E-state index in [2.05, 4.69) is 10.5 Å². The summed E-state index contributed by atoms with van der Waals surface area (Å²) in [5, 5.41) is 3.83. The van der Waals surface area contributed by atoms with Gasteiger partial charge in [0.25, 0.3) is 15.9 Å². The van der Waals surface area contributed by atoms with Crippen LogP contribution in [0.5, 0.6) is 5.75 Å². The van der Waals surface area contributed by atoms with E-state index in [1.165, 1.54) is 42.6 Å². The average molecular weight is 470 g/mol. The van der Waals surface area contributed by atoms with Crippen LogP contribution in [0.2, 0.25) is 0 Å². The second-order valence-corrected chi connectivity index (χ2v) is 8.96. The van der Waals surface area contributed by atoms with E-state index in [4.69, 9.17) is 4.74 Å². The van der Waals surface area contributed by atoms with Crippen molar-refractivity contribution < 1.29 is 22.3 Å². The van der Waals surface area contributed by atoms with E-state index in [-0.39, 0.29) is 10.7 Å². The maximum Gasteiger partial charge on any atom is 0.264 e. The highest BCUT2D eigenvalue weighted by Crippen LogP contribution is 2.26. The molecule has 0 saturated heterocycles. The molecule has 0 radical (unpaired) electrons. The molecule has 0 aliphatic heterocycles. The number of sulfonamides is 1. The number of nitrogens with one attached hydrogen (secondary N) is 1. The van der Waals surface area contributed by atoms with E-state index in [9.17, 15) is 17.6 Å². The van der Waals surface area contributed by atoms with Crippen LogP contribution < -0.4 is 14.5 Å². The normalized spacial score (nSPS) is 11.4. The van der Waals surface area contributed by atoms with E-state index in [0.29, 0.717) is 23.6 Å². The number of nitrogens with zero attached hydrogens (tertiary/aromatic N) is 2. The highest BCUT2D eigenvalue weighted by molar-refractivity contribution is 7.92. The third-order valence-electron chi connectivity index (χ3n) is 4.60. The standard InChI is InChI=1S/C24H24FN3O4S/c1-3-32-22-12-10-21(11-13-22)28(33(30,31)23-14-4-18(2)5-15-23)17-24(29)27-26-16-19-6-8-20(25)9-7-19/h4-16H,3,17H2,1-2H3,(H,27,29)/b26-16+. The SMILES string of the molecule is CCOc1ccc(N(CC(=O)N/N=C/c2ccc(F)cc2)S(=O)(=O)c2ccc(C)cc2)cc1. The third kappa shape index (κ3) is 6.39. The Morgan fingerprint density at radius 1 is 1.03 bits per heavy atom. The molecule has 1 N–H and O–H groups in total. The summed E-state index contributed by atoms with van der Waals surface area (Å²) < 4.78 is 46.1. The van der Waals surface area contributed by atoms with Crippen molar-refractivity contribution in [3.8, 4) is 5.75 Å². The monoisotopic (exact) mass is 469 g/mol. The smallest absolute Gasteiger partial charge is 0.264 e. The molecule has 172 valence electrons. The Balaban J connectivity index is 1.83. The van der Waals surface area contributed by atoms with Gasteiger partial charge < -0.3 is 4.74 Å². The minimum atomic E-state index is -4.03. The van der Waals surface area contributed by atoms with Gasteiger partial charge in [0.1, 0.15) is 18.1 Å². The summed E-state index contributed by atoms with van der Waals surface area (Å²) in [7, 11) is -4.03. The fourth-order valence-electron chi connectivity index (χ4n) is 2.92. The molecule has 0 unspecified atom stereocenters. The summed E-state index contributed by atoms with van der Waals surface area (Å²) in [5.74, 6) is -0.441. The van der Waals surface area contributed by atoms with Crippen molar-refractivity contribution in [2.24, 2.45) is 5.10 Å². The van der Waals surface area contributed by atoms with E-state index in [1.54, 1.807) is 36.4 Å². The zero-order chi connectivity index (χ0) is 23.8. The second-order valence-electron chi connectivity index (χ2n) is 7.10. The lowest BCUT2D eigenvalue weighted by atomic mass is 10.2. The van der Waals surface area contributed by atoms with E-state index >= 15 is 0 Å². The molecule has 0 bridgehead atoms. The van der Waals surface area contributed by atoms with Gasteiger partial charge in [-0.2, -0.15) is 5.10 Å². The van der Waals surface area contributed by atoms with Gasteiger partial charge in [0.2, 0.25) is 0 Å². The molecule has 0 aliphatic carbocycles. The van der Waals surface area contributed by atoms with E-state index in [0.717, 1.165) is 9.87 Å². The lowest BCUT2D eigenvalue weighted by Crippen LogP contribution is -2.39. The molecule has 0 heterocycles. The van der Waals surface area contributed by atoms with Gasteiger partial charge >= 0.3 is 0 Å². The van der Waals surface area contributed by atoms with Crippen LogP contribution in [0, 0.1) is 12.7 Å². The quantitative estimate of drug-likeness (QED) is 0.381. The predicted octanol–water partition coefficient (Wildman–Crippen LogP) is 3.88. The number of hydrazone groups is 1. The predicted molar refractivity (Wildman–Crippen MR) is 125 cm³/mol. The van der Waals surface area contributed by atoms with Crippen LogP contribution in [-0.4, -0.2) is 33.7 Å². The van der Waals surface area contributed by atoms with Crippen LogP contribution in [-0.2, 0) is 14.8 Å². The highest BCUT2D eigenvalue weighted by Gasteiger charge is 2.27. The summed E-state index contributed by atoms with van der Waals surface area (Å²) in [4.78, 5) is 12.6. The topological polar surface area (TPSA) is 88.1 Å². The molecule has 3 rings (SSSR count). The molecule has 0 aromatic heterocycles. The molecule has 0 fully saturated rings. The number of benzene rings is 3. The number of anilines is 1. The summed E-state index contributed by atoms with van der Waals surface area (Å²) in [5.41, 5.74) is 4.11. The van der Waals surface area contributed by atoms with E-state index in [1.807, 2.05) is 13.8 Å². The Labute approximate surface area is 192 Å². The van der Waals surface area contributed by atoms with Crippen LogP contribution >= 0.6 is 0 Å². The molecule has 0 spiro atoms. The molecule has 7 nitrogen and oxygen atoms in total. The number of aryl methyl sites for hydroxylation is 1. The van der Waals surface area contributed by atoms with Gasteiger partial charge in [-0.05, 0) is 67.9 Å². The Morgan fingerprint density at radius 2 is 1.67 bits per heavy atom. The van der Waals surface area contributed by atoms with Crippen molar-refractivity contribution in [1.82, 2.24) is 5.43 Å². The van der Waals surface area contributed by atoms with Gasteiger partial charge in [-0.25, -0.2) is 18.2 Å². The van der Waals surface area contributed by atoms with Crippen LogP contribution in [0.1, 0.15) is 18.1 Å².